The Hall–Kier alpha value is -2.10. The predicted octanol–water partition coefficient (Wildman–Crippen LogP) is 1.87. The number of amides is 1. The molecule has 7 nitrogen and oxygen atoms in total. The number of aromatic nitrogens is 1. The summed E-state index contributed by atoms with van der Waals surface area (Å²) in [4.78, 5) is 16.5. The zero-order valence-electron chi connectivity index (χ0n) is 13.2. The van der Waals surface area contributed by atoms with Gasteiger partial charge in [0.2, 0.25) is 15.9 Å². The van der Waals surface area contributed by atoms with Crippen molar-refractivity contribution in [2.75, 3.05) is 16.8 Å². The van der Waals surface area contributed by atoms with E-state index in [0.29, 0.717) is 17.1 Å². The van der Waals surface area contributed by atoms with Crippen LogP contribution in [0.5, 0.6) is 5.88 Å². The molecular formula is C16H17N3O4S2. The molecule has 0 bridgehead atoms. The maximum atomic E-state index is 12.3. The third-order valence-electron chi connectivity index (χ3n) is 3.61. The van der Waals surface area contributed by atoms with E-state index in [-0.39, 0.29) is 16.9 Å². The van der Waals surface area contributed by atoms with E-state index in [9.17, 15) is 13.2 Å². The van der Waals surface area contributed by atoms with Gasteiger partial charge in [-0.25, -0.2) is 18.5 Å². The smallest absolute Gasteiger partial charge is 0.255 e. The molecule has 132 valence electrons. The first kappa shape index (κ1) is 17.7. The summed E-state index contributed by atoms with van der Waals surface area (Å²) in [5.74, 6) is 2.08. The number of benzene rings is 1. The van der Waals surface area contributed by atoms with Gasteiger partial charge in [-0.15, -0.1) is 0 Å². The Morgan fingerprint density at radius 1 is 1.28 bits per heavy atom. The Kier molecular flexibility index (Phi) is 5.26. The van der Waals surface area contributed by atoms with E-state index in [4.69, 9.17) is 9.88 Å². The lowest BCUT2D eigenvalue weighted by Gasteiger charge is -2.12. The number of carbonyl (C=O) groups is 1. The number of pyridine rings is 1. The fourth-order valence-corrected chi connectivity index (χ4v) is 3.93. The minimum absolute atomic E-state index is 0.0143. The molecule has 0 aliphatic carbocycles. The molecule has 0 saturated carbocycles. The maximum absolute atomic E-state index is 12.3. The summed E-state index contributed by atoms with van der Waals surface area (Å²) in [6.45, 7) is 0. The number of nitrogens with one attached hydrogen (secondary N) is 1. The number of ether oxygens (including phenoxy) is 1. The molecule has 3 rings (SSSR count). The molecule has 2 heterocycles. The van der Waals surface area contributed by atoms with E-state index in [0.717, 1.165) is 17.9 Å². The third kappa shape index (κ3) is 4.71. The standard InChI is InChI=1S/C16H17N3O4S2/c17-25(21,22)14-3-1-12(2-4-14)19-16(20)11-5-7-18-15(9-11)23-13-6-8-24-10-13/h1-5,7,9,13H,6,8,10H2,(H,19,20)(H2,17,21,22)/t13-/m0/s1. The summed E-state index contributed by atoms with van der Waals surface area (Å²) in [5, 5.41) is 7.74. The molecule has 25 heavy (non-hydrogen) atoms. The molecule has 1 saturated heterocycles. The number of rotatable bonds is 5. The minimum Gasteiger partial charge on any atom is -0.473 e. The highest BCUT2D eigenvalue weighted by molar-refractivity contribution is 7.99. The highest BCUT2D eigenvalue weighted by Crippen LogP contribution is 2.22. The number of thioether (sulfide) groups is 1. The van der Waals surface area contributed by atoms with Gasteiger partial charge < -0.3 is 10.1 Å². The number of hydrogen-bond donors (Lipinski definition) is 2. The summed E-state index contributed by atoms with van der Waals surface area (Å²) < 4.78 is 28.2. The first-order valence-electron chi connectivity index (χ1n) is 7.56. The number of hydrogen-bond acceptors (Lipinski definition) is 6. The average Bonchev–Trinajstić information content (AvgIpc) is 3.08. The zero-order chi connectivity index (χ0) is 17.9. The van der Waals surface area contributed by atoms with Gasteiger partial charge in [0.25, 0.3) is 5.91 Å². The van der Waals surface area contributed by atoms with E-state index >= 15 is 0 Å². The normalized spacial score (nSPS) is 17.2. The van der Waals surface area contributed by atoms with Crippen LogP contribution in [0.2, 0.25) is 0 Å². The number of carbonyl (C=O) groups excluding carboxylic acids is 1. The van der Waals surface area contributed by atoms with Crippen molar-refractivity contribution in [1.82, 2.24) is 4.98 Å². The molecule has 3 N–H and O–H groups in total. The molecule has 1 amide bonds. The molecule has 1 aliphatic heterocycles. The molecule has 1 aliphatic rings. The van der Waals surface area contributed by atoms with Crippen LogP contribution < -0.4 is 15.2 Å². The van der Waals surface area contributed by atoms with Crippen molar-refractivity contribution >= 4 is 33.4 Å². The number of sulfonamides is 1. The van der Waals surface area contributed by atoms with Crippen molar-refractivity contribution in [2.24, 2.45) is 5.14 Å². The molecule has 1 aromatic heterocycles. The number of anilines is 1. The van der Waals surface area contributed by atoms with Gasteiger partial charge in [0, 0.05) is 29.3 Å². The van der Waals surface area contributed by atoms with Crippen LogP contribution in [-0.2, 0) is 10.0 Å². The highest BCUT2D eigenvalue weighted by atomic mass is 32.2. The lowest BCUT2D eigenvalue weighted by molar-refractivity contribution is 0.102. The van der Waals surface area contributed by atoms with Crippen molar-refractivity contribution < 1.29 is 17.9 Å². The van der Waals surface area contributed by atoms with Crippen molar-refractivity contribution in [3.63, 3.8) is 0 Å². The van der Waals surface area contributed by atoms with E-state index in [1.807, 2.05) is 11.8 Å². The molecule has 1 atom stereocenters. The Bertz CT molecular complexity index is 863. The summed E-state index contributed by atoms with van der Waals surface area (Å²) in [5.41, 5.74) is 0.870. The van der Waals surface area contributed by atoms with Crippen LogP contribution in [0.4, 0.5) is 5.69 Å². The fraction of sp³-hybridized carbons (Fsp3) is 0.250. The van der Waals surface area contributed by atoms with Crippen LogP contribution in [0.3, 0.4) is 0 Å². The van der Waals surface area contributed by atoms with Crippen molar-refractivity contribution in [3.05, 3.63) is 48.2 Å². The predicted molar refractivity (Wildman–Crippen MR) is 96.4 cm³/mol. The number of nitrogens with two attached hydrogens (primary N) is 1. The van der Waals surface area contributed by atoms with E-state index in [2.05, 4.69) is 10.3 Å². The summed E-state index contributed by atoms with van der Waals surface area (Å²) in [7, 11) is -3.76. The maximum Gasteiger partial charge on any atom is 0.255 e. The Balaban J connectivity index is 1.68. The van der Waals surface area contributed by atoms with E-state index in [1.165, 1.54) is 30.5 Å². The van der Waals surface area contributed by atoms with Crippen LogP contribution in [-0.4, -0.2) is 36.9 Å². The van der Waals surface area contributed by atoms with E-state index in [1.54, 1.807) is 12.1 Å². The molecule has 2 aromatic rings. The van der Waals surface area contributed by atoms with Crippen LogP contribution >= 0.6 is 11.8 Å². The third-order valence-corrected chi connectivity index (χ3v) is 5.67. The van der Waals surface area contributed by atoms with Crippen molar-refractivity contribution in [3.8, 4) is 5.88 Å². The van der Waals surface area contributed by atoms with Crippen molar-refractivity contribution in [1.29, 1.82) is 0 Å². The Morgan fingerprint density at radius 3 is 2.68 bits per heavy atom. The lowest BCUT2D eigenvalue weighted by atomic mass is 10.2. The van der Waals surface area contributed by atoms with E-state index < -0.39 is 10.0 Å². The van der Waals surface area contributed by atoms with Gasteiger partial charge in [0.1, 0.15) is 6.10 Å². The minimum atomic E-state index is -3.76. The van der Waals surface area contributed by atoms with Crippen molar-refractivity contribution in [2.45, 2.75) is 17.4 Å². The van der Waals surface area contributed by atoms with Gasteiger partial charge in [0.05, 0.1) is 4.90 Å². The van der Waals surface area contributed by atoms with Gasteiger partial charge in [-0.2, -0.15) is 11.8 Å². The summed E-state index contributed by atoms with van der Waals surface area (Å²) in [6.07, 6.45) is 2.62. The second-order valence-corrected chi connectivity index (χ2v) is 8.22. The second kappa shape index (κ2) is 7.42. The zero-order valence-corrected chi connectivity index (χ0v) is 14.8. The fourth-order valence-electron chi connectivity index (χ4n) is 2.32. The highest BCUT2D eigenvalue weighted by Gasteiger charge is 2.18. The van der Waals surface area contributed by atoms with Crippen LogP contribution in [0.25, 0.3) is 0 Å². The Morgan fingerprint density at radius 2 is 2.04 bits per heavy atom. The topological polar surface area (TPSA) is 111 Å². The largest absolute Gasteiger partial charge is 0.473 e. The van der Waals surface area contributed by atoms with Crippen LogP contribution in [0.1, 0.15) is 16.8 Å². The molecule has 0 spiro atoms. The second-order valence-electron chi connectivity index (χ2n) is 5.51. The van der Waals surface area contributed by atoms with Crippen LogP contribution in [0, 0.1) is 0 Å². The SMILES string of the molecule is NS(=O)(=O)c1ccc(NC(=O)c2ccnc(O[C@H]3CCSC3)c2)cc1. The van der Waals surface area contributed by atoms with Gasteiger partial charge in [-0.3, -0.25) is 4.79 Å². The first-order chi connectivity index (χ1) is 11.9. The number of primary sulfonamides is 1. The molecule has 9 heteroatoms. The molecule has 0 radical (unpaired) electrons. The summed E-state index contributed by atoms with van der Waals surface area (Å²) >= 11 is 1.83. The molecule has 1 fully saturated rings. The average molecular weight is 379 g/mol. The van der Waals surface area contributed by atoms with Gasteiger partial charge >= 0.3 is 0 Å². The quantitative estimate of drug-likeness (QED) is 0.820. The van der Waals surface area contributed by atoms with Gasteiger partial charge in [-0.05, 0) is 42.5 Å². The molecule has 0 unspecified atom stereocenters. The lowest BCUT2D eigenvalue weighted by Crippen LogP contribution is -2.17. The summed E-state index contributed by atoms with van der Waals surface area (Å²) in [6, 6.07) is 8.81. The monoisotopic (exact) mass is 379 g/mol. The van der Waals surface area contributed by atoms with Gasteiger partial charge in [-0.1, -0.05) is 0 Å². The Labute approximate surface area is 150 Å². The molecular weight excluding hydrogens is 362 g/mol. The van der Waals surface area contributed by atoms with Gasteiger partial charge in [0.15, 0.2) is 0 Å². The number of nitrogens with zero attached hydrogens (tertiary/aromatic N) is 1. The first-order valence-corrected chi connectivity index (χ1v) is 10.3. The molecule has 1 aromatic carbocycles. The van der Waals surface area contributed by atoms with Crippen LogP contribution in [0.15, 0.2) is 47.5 Å².